The maximum absolute atomic E-state index is 12.5. The van der Waals surface area contributed by atoms with Gasteiger partial charge < -0.3 is 14.7 Å². The van der Waals surface area contributed by atoms with E-state index in [-0.39, 0.29) is 5.91 Å². The van der Waals surface area contributed by atoms with Gasteiger partial charge in [-0.1, -0.05) is 0 Å². The lowest BCUT2D eigenvalue weighted by Gasteiger charge is -2.32. The van der Waals surface area contributed by atoms with E-state index in [9.17, 15) is 4.79 Å². The molecule has 0 N–H and O–H groups in total. The molecule has 1 aromatic rings. The van der Waals surface area contributed by atoms with Crippen molar-refractivity contribution in [2.75, 3.05) is 51.2 Å². The van der Waals surface area contributed by atoms with Crippen molar-refractivity contribution in [2.24, 2.45) is 0 Å². The number of hydrogen-bond acceptors (Lipinski definition) is 5. The minimum absolute atomic E-state index is 0.0131. The Labute approximate surface area is 126 Å². The van der Waals surface area contributed by atoms with Gasteiger partial charge in [0.1, 0.15) is 5.69 Å². The number of carbonyl (C=O) groups excluding carboxylic acids is 1. The predicted molar refractivity (Wildman–Crippen MR) is 83.7 cm³/mol. The molecule has 6 nitrogen and oxygen atoms in total. The normalized spacial score (nSPS) is 16.1. The molecule has 0 aromatic carbocycles. The molecule has 0 radical (unpaired) electrons. The summed E-state index contributed by atoms with van der Waals surface area (Å²) in [4.78, 5) is 27.7. The second kappa shape index (κ2) is 6.85. The Hall–Kier alpha value is -1.69. The Bertz CT molecular complexity index is 493. The predicted octanol–water partition coefficient (Wildman–Crippen LogP) is 1.02. The summed E-state index contributed by atoms with van der Waals surface area (Å²) in [5.74, 6) is 0.666. The van der Waals surface area contributed by atoms with Gasteiger partial charge in [0.15, 0.2) is 0 Å². The minimum atomic E-state index is -0.0131. The first kappa shape index (κ1) is 15.7. The molecule has 21 heavy (non-hydrogen) atoms. The van der Waals surface area contributed by atoms with Crippen LogP contribution >= 0.6 is 0 Å². The van der Waals surface area contributed by atoms with Gasteiger partial charge in [-0.05, 0) is 33.9 Å². The van der Waals surface area contributed by atoms with Crippen LogP contribution in [0.5, 0.6) is 0 Å². The Balaban J connectivity index is 2.23. The summed E-state index contributed by atoms with van der Waals surface area (Å²) in [7, 11) is 2.11. The fourth-order valence-corrected chi connectivity index (χ4v) is 2.48. The monoisotopic (exact) mass is 291 g/mol. The number of hydrogen-bond donors (Lipinski definition) is 0. The molecule has 1 amide bonds. The molecule has 6 heteroatoms. The Morgan fingerprint density at radius 2 is 1.81 bits per heavy atom. The quantitative estimate of drug-likeness (QED) is 0.829. The van der Waals surface area contributed by atoms with Crippen molar-refractivity contribution in [2.45, 2.75) is 20.8 Å². The van der Waals surface area contributed by atoms with Gasteiger partial charge in [-0.15, -0.1) is 0 Å². The molecule has 2 rings (SSSR count). The molecule has 1 aliphatic heterocycles. The summed E-state index contributed by atoms with van der Waals surface area (Å²) in [6.07, 6.45) is 0. The molecule has 0 spiro atoms. The van der Waals surface area contributed by atoms with Crippen molar-refractivity contribution in [3.8, 4) is 0 Å². The zero-order valence-electron chi connectivity index (χ0n) is 13.5. The second-order valence-electron chi connectivity index (χ2n) is 5.46. The standard InChI is InChI=1S/C15H25N5O/c1-5-19(6-2)14(21)13-11-12(3)16-15(17-13)20-9-7-18(4)8-10-20/h11H,5-10H2,1-4H3. The summed E-state index contributed by atoms with van der Waals surface area (Å²) in [5, 5.41) is 0. The third-order valence-corrected chi connectivity index (χ3v) is 3.90. The first-order chi connectivity index (χ1) is 10.0. The topological polar surface area (TPSA) is 52.6 Å². The molecule has 1 aliphatic rings. The van der Waals surface area contributed by atoms with E-state index in [1.807, 2.05) is 20.8 Å². The van der Waals surface area contributed by atoms with Gasteiger partial charge >= 0.3 is 0 Å². The average molecular weight is 291 g/mol. The van der Waals surface area contributed by atoms with Crippen LogP contribution in [0.2, 0.25) is 0 Å². The van der Waals surface area contributed by atoms with E-state index in [2.05, 4.69) is 26.8 Å². The highest BCUT2D eigenvalue weighted by atomic mass is 16.2. The maximum Gasteiger partial charge on any atom is 0.272 e. The van der Waals surface area contributed by atoms with Crippen LogP contribution in [-0.4, -0.2) is 72.0 Å². The molecule has 1 aromatic heterocycles. The number of likely N-dealkylation sites (N-methyl/N-ethyl adjacent to an activating group) is 1. The molecule has 0 unspecified atom stereocenters. The molecule has 1 saturated heterocycles. The lowest BCUT2D eigenvalue weighted by atomic mass is 10.3. The molecule has 2 heterocycles. The molecule has 1 fully saturated rings. The second-order valence-corrected chi connectivity index (χ2v) is 5.46. The molecule has 0 saturated carbocycles. The lowest BCUT2D eigenvalue weighted by Crippen LogP contribution is -2.45. The van der Waals surface area contributed by atoms with Crippen molar-refractivity contribution in [1.29, 1.82) is 0 Å². The summed E-state index contributed by atoms with van der Waals surface area (Å²) in [6.45, 7) is 11.1. The molecule has 0 bridgehead atoms. The molecule has 0 aliphatic carbocycles. The van der Waals surface area contributed by atoms with Crippen LogP contribution in [0.15, 0.2) is 6.07 Å². The van der Waals surface area contributed by atoms with Crippen LogP contribution in [0.1, 0.15) is 30.0 Å². The summed E-state index contributed by atoms with van der Waals surface area (Å²) in [6, 6.07) is 1.78. The molecule has 116 valence electrons. The van der Waals surface area contributed by atoms with Crippen LogP contribution in [0.25, 0.3) is 0 Å². The highest BCUT2D eigenvalue weighted by Gasteiger charge is 2.20. The van der Waals surface area contributed by atoms with Crippen molar-refractivity contribution in [3.63, 3.8) is 0 Å². The summed E-state index contributed by atoms with van der Waals surface area (Å²) >= 11 is 0. The van der Waals surface area contributed by atoms with Gasteiger partial charge in [-0.25, -0.2) is 9.97 Å². The van der Waals surface area contributed by atoms with Gasteiger partial charge in [0, 0.05) is 45.0 Å². The number of rotatable bonds is 4. The lowest BCUT2D eigenvalue weighted by molar-refractivity contribution is 0.0767. The van der Waals surface area contributed by atoms with Crippen LogP contribution < -0.4 is 4.90 Å². The van der Waals surface area contributed by atoms with Gasteiger partial charge in [-0.2, -0.15) is 0 Å². The summed E-state index contributed by atoms with van der Waals surface area (Å²) in [5.41, 5.74) is 1.34. The number of nitrogens with zero attached hydrogens (tertiary/aromatic N) is 5. The van der Waals surface area contributed by atoms with E-state index in [0.717, 1.165) is 31.9 Å². The SMILES string of the molecule is CCN(CC)C(=O)c1cc(C)nc(N2CCN(C)CC2)n1. The smallest absolute Gasteiger partial charge is 0.272 e. The van der Waals surface area contributed by atoms with Crippen LogP contribution in [0.3, 0.4) is 0 Å². The van der Waals surface area contributed by atoms with Crippen molar-refractivity contribution < 1.29 is 4.79 Å². The number of anilines is 1. The van der Waals surface area contributed by atoms with E-state index in [1.54, 1.807) is 11.0 Å². The van der Waals surface area contributed by atoms with Gasteiger partial charge in [0.25, 0.3) is 5.91 Å². The van der Waals surface area contributed by atoms with Gasteiger partial charge in [0.2, 0.25) is 5.95 Å². The van der Waals surface area contributed by atoms with Gasteiger partial charge in [-0.3, -0.25) is 4.79 Å². The molecular formula is C15H25N5O. The van der Waals surface area contributed by atoms with Crippen molar-refractivity contribution in [3.05, 3.63) is 17.5 Å². The highest BCUT2D eigenvalue weighted by Crippen LogP contribution is 2.14. The van der Waals surface area contributed by atoms with Gasteiger partial charge in [0.05, 0.1) is 0 Å². The fourth-order valence-electron chi connectivity index (χ4n) is 2.48. The van der Waals surface area contributed by atoms with E-state index in [0.29, 0.717) is 24.7 Å². The fraction of sp³-hybridized carbons (Fsp3) is 0.667. The number of aryl methyl sites for hydroxylation is 1. The van der Waals surface area contributed by atoms with Crippen LogP contribution in [0.4, 0.5) is 5.95 Å². The van der Waals surface area contributed by atoms with E-state index in [1.165, 1.54) is 0 Å². The van der Waals surface area contributed by atoms with E-state index < -0.39 is 0 Å². The Morgan fingerprint density at radius 1 is 1.19 bits per heavy atom. The zero-order valence-corrected chi connectivity index (χ0v) is 13.5. The van der Waals surface area contributed by atoms with Crippen LogP contribution in [-0.2, 0) is 0 Å². The van der Waals surface area contributed by atoms with Crippen molar-refractivity contribution in [1.82, 2.24) is 19.8 Å². The van der Waals surface area contributed by atoms with Crippen LogP contribution in [0, 0.1) is 6.92 Å². The first-order valence-electron chi connectivity index (χ1n) is 7.63. The number of amides is 1. The first-order valence-corrected chi connectivity index (χ1v) is 7.63. The molecule has 0 atom stereocenters. The number of aromatic nitrogens is 2. The van der Waals surface area contributed by atoms with E-state index >= 15 is 0 Å². The number of carbonyl (C=O) groups is 1. The Kier molecular flexibility index (Phi) is 5.12. The maximum atomic E-state index is 12.5. The summed E-state index contributed by atoms with van der Waals surface area (Å²) < 4.78 is 0. The average Bonchev–Trinajstić information content (AvgIpc) is 2.48. The van der Waals surface area contributed by atoms with E-state index in [4.69, 9.17) is 0 Å². The van der Waals surface area contributed by atoms with Crippen molar-refractivity contribution >= 4 is 11.9 Å². The third kappa shape index (κ3) is 3.69. The molecular weight excluding hydrogens is 266 g/mol. The highest BCUT2D eigenvalue weighted by molar-refractivity contribution is 5.92. The third-order valence-electron chi connectivity index (χ3n) is 3.90. The largest absolute Gasteiger partial charge is 0.338 e. The zero-order chi connectivity index (χ0) is 15.4. The Morgan fingerprint density at radius 3 is 2.38 bits per heavy atom. The minimum Gasteiger partial charge on any atom is -0.338 e. The number of piperazine rings is 1.